The standard InChI is InChI=1S/C22H27FN2O2.2ClH/c1-2-27-21(26)22(24-20-10-8-19(23)9-11-20)13-16-25(17-14-22)15-12-18-6-4-3-5-7-18;;/h3-11,24H,2,12-17H2,1H3;2*1H. The molecule has 0 bridgehead atoms. The van der Waals surface area contributed by atoms with Gasteiger partial charge in [-0.15, -0.1) is 24.8 Å². The topological polar surface area (TPSA) is 41.6 Å². The van der Waals surface area contributed by atoms with E-state index in [2.05, 4.69) is 34.5 Å². The number of halogens is 3. The van der Waals surface area contributed by atoms with E-state index in [0.717, 1.165) is 31.7 Å². The van der Waals surface area contributed by atoms with Crippen LogP contribution in [0.4, 0.5) is 10.1 Å². The summed E-state index contributed by atoms with van der Waals surface area (Å²) in [4.78, 5) is 15.1. The van der Waals surface area contributed by atoms with Crippen molar-refractivity contribution in [2.45, 2.75) is 31.7 Å². The van der Waals surface area contributed by atoms with E-state index in [4.69, 9.17) is 4.74 Å². The average molecular weight is 443 g/mol. The van der Waals surface area contributed by atoms with Crippen LogP contribution in [0.25, 0.3) is 0 Å². The normalized spacial score (nSPS) is 15.5. The molecule has 4 nitrogen and oxygen atoms in total. The molecule has 0 aromatic heterocycles. The number of carbonyl (C=O) groups is 1. The van der Waals surface area contributed by atoms with Crippen LogP contribution in [0.1, 0.15) is 25.3 Å². The Hall–Kier alpha value is -1.82. The Morgan fingerprint density at radius 3 is 2.28 bits per heavy atom. The second kappa shape index (κ2) is 12.0. The number of rotatable bonds is 7. The Morgan fingerprint density at radius 2 is 1.69 bits per heavy atom. The van der Waals surface area contributed by atoms with Crippen LogP contribution in [0.2, 0.25) is 0 Å². The molecule has 7 heteroatoms. The van der Waals surface area contributed by atoms with E-state index in [1.807, 2.05) is 13.0 Å². The molecule has 1 aliphatic heterocycles. The van der Waals surface area contributed by atoms with Crippen LogP contribution in [0.3, 0.4) is 0 Å². The Morgan fingerprint density at radius 1 is 1.07 bits per heavy atom. The number of esters is 1. The van der Waals surface area contributed by atoms with Crippen LogP contribution in [0.15, 0.2) is 54.6 Å². The number of hydrogen-bond donors (Lipinski definition) is 1. The molecule has 0 saturated carbocycles. The van der Waals surface area contributed by atoms with Crippen LogP contribution >= 0.6 is 24.8 Å². The van der Waals surface area contributed by atoms with Crippen LogP contribution < -0.4 is 5.32 Å². The molecule has 1 heterocycles. The van der Waals surface area contributed by atoms with Crippen molar-refractivity contribution in [3.8, 4) is 0 Å². The van der Waals surface area contributed by atoms with Gasteiger partial charge in [-0.3, -0.25) is 0 Å². The van der Waals surface area contributed by atoms with Gasteiger partial charge in [-0.2, -0.15) is 0 Å². The molecule has 0 spiro atoms. The largest absolute Gasteiger partial charge is 0.464 e. The monoisotopic (exact) mass is 442 g/mol. The third-order valence-electron chi connectivity index (χ3n) is 5.16. The second-order valence-electron chi connectivity index (χ2n) is 7.01. The molecule has 29 heavy (non-hydrogen) atoms. The summed E-state index contributed by atoms with van der Waals surface area (Å²) >= 11 is 0. The number of carbonyl (C=O) groups excluding carboxylic acids is 1. The summed E-state index contributed by atoms with van der Waals surface area (Å²) in [6.45, 7) is 4.78. The van der Waals surface area contributed by atoms with Crippen LogP contribution in [-0.4, -0.2) is 42.6 Å². The van der Waals surface area contributed by atoms with E-state index in [9.17, 15) is 9.18 Å². The summed E-state index contributed by atoms with van der Waals surface area (Å²) in [5.74, 6) is -0.515. The summed E-state index contributed by atoms with van der Waals surface area (Å²) in [5.41, 5.74) is 1.31. The van der Waals surface area contributed by atoms with Gasteiger partial charge in [0.15, 0.2) is 0 Å². The van der Waals surface area contributed by atoms with Crippen molar-refractivity contribution < 1.29 is 13.9 Å². The summed E-state index contributed by atoms with van der Waals surface area (Å²) in [5, 5.41) is 3.33. The fraction of sp³-hybridized carbons (Fsp3) is 0.409. The fourth-order valence-corrected chi connectivity index (χ4v) is 3.55. The Labute approximate surface area is 184 Å². The summed E-state index contributed by atoms with van der Waals surface area (Å²) in [7, 11) is 0. The zero-order chi connectivity index (χ0) is 19.1. The molecule has 160 valence electrons. The molecule has 1 aliphatic rings. The molecule has 2 aromatic carbocycles. The van der Waals surface area contributed by atoms with E-state index in [1.165, 1.54) is 17.7 Å². The number of likely N-dealkylation sites (tertiary alicyclic amines) is 1. The maximum Gasteiger partial charge on any atom is 0.331 e. The predicted octanol–water partition coefficient (Wildman–Crippen LogP) is 4.72. The number of piperidine rings is 1. The first-order valence-corrected chi connectivity index (χ1v) is 9.58. The lowest BCUT2D eigenvalue weighted by molar-refractivity contribution is -0.150. The second-order valence-corrected chi connectivity index (χ2v) is 7.01. The van der Waals surface area contributed by atoms with Crippen molar-refractivity contribution in [2.24, 2.45) is 0 Å². The van der Waals surface area contributed by atoms with Gasteiger partial charge in [0.2, 0.25) is 0 Å². The van der Waals surface area contributed by atoms with Gasteiger partial charge in [-0.05, 0) is 56.0 Å². The molecule has 0 atom stereocenters. The van der Waals surface area contributed by atoms with E-state index in [0.29, 0.717) is 19.4 Å². The third kappa shape index (κ3) is 6.88. The van der Waals surface area contributed by atoms with Gasteiger partial charge >= 0.3 is 5.97 Å². The maximum atomic E-state index is 13.2. The lowest BCUT2D eigenvalue weighted by Gasteiger charge is -2.41. The van der Waals surface area contributed by atoms with Gasteiger partial charge in [0.05, 0.1) is 6.61 Å². The first-order valence-electron chi connectivity index (χ1n) is 9.58. The van der Waals surface area contributed by atoms with Crippen LogP contribution in [0.5, 0.6) is 0 Å². The van der Waals surface area contributed by atoms with Crippen molar-refractivity contribution in [3.63, 3.8) is 0 Å². The predicted molar refractivity (Wildman–Crippen MR) is 120 cm³/mol. The zero-order valence-electron chi connectivity index (χ0n) is 16.6. The highest BCUT2D eigenvalue weighted by atomic mass is 35.5. The van der Waals surface area contributed by atoms with Crippen molar-refractivity contribution in [2.75, 3.05) is 31.6 Å². The fourth-order valence-electron chi connectivity index (χ4n) is 3.55. The first-order chi connectivity index (χ1) is 13.1. The molecule has 2 aromatic rings. The lowest BCUT2D eigenvalue weighted by atomic mass is 9.86. The lowest BCUT2D eigenvalue weighted by Crippen LogP contribution is -2.55. The van der Waals surface area contributed by atoms with Crippen molar-refractivity contribution in [1.29, 1.82) is 0 Å². The number of nitrogens with zero attached hydrogens (tertiary/aromatic N) is 1. The Bertz CT molecular complexity index is 736. The smallest absolute Gasteiger partial charge is 0.331 e. The van der Waals surface area contributed by atoms with E-state index >= 15 is 0 Å². The number of benzene rings is 2. The minimum Gasteiger partial charge on any atom is -0.464 e. The van der Waals surface area contributed by atoms with E-state index in [-0.39, 0.29) is 36.6 Å². The molecule has 0 amide bonds. The quantitative estimate of drug-likeness (QED) is 0.629. The average Bonchev–Trinajstić information content (AvgIpc) is 2.70. The highest BCUT2D eigenvalue weighted by Crippen LogP contribution is 2.29. The highest BCUT2D eigenvalue weighted by molar-refractivity contribution is 5.86. The Balaban J connectivity index is 0.00000210. The number of ether oxygens (including phenoxy) is 1. The summed E-state index contributed by atoms with van der Waals surface area (Å²) in [6.07, 6.45) is 2.33. The first kappa shape index (κ1) is 25.2. The van der Waals surface area contributed by atoms with Gasteiger partial charge in [0.1, 0.15) is 11.4 Å². The minimum atomic E-state index is -0.753. The van der Waals surface area contributed by atoms with Crippen LogP contribution in [-0.2, 0) is 16.0 Å². The van der Waals surface area contributed by atoms with Gasteiger partial charge in [-0.1, -0.05) is 30.3 Å². The SMILES string of the molecule is CCOC(=O)C1(Nc2ccc(F)cc2)CCN(CCc2ccccc2)CC1.Cl.Cl. The van der Waals surface area contributed by atoms with Crippen molar-refractivity contribution in [1.82, 2.24) is 4.90 Å². The van der Waals surface area contributed by atoms with Crippen LogP contribution in [0, 0.1) is 5.82 Å². The molecule has 1 fully saturated rings. The minimum absolute atomic E-state index is 0. The number of hydrogen-bond acceptors (Lipinski definition) is 4. The molecule has 3 rings (SSSR count). The molecule has 0 aliphatic carbocycles. The van der Waals surface area contributed by atoms with Gasteiger partial charge in [0, 0.05) is 25.3 Å². The highest BCUT2D eigenvalue weighted by Gasteiger charge is 2.42. The Kier molecular flexibility index (Phi) is 10.4. The zero-order valence-corrected chi connectivity index (χ0v) is 18.2. The van der Waals surface area contributed by atoms with Crippen molar-refractivity contribution in [3.05, 3.63) is 66.0 Å². The summed E-state index contributed by atoms with van der Waals surface area (Å²) < 4.78 is 18.5. The summed E-state index contributed by atoms with van der Waals surface area (Å²) in [6, 6.07) is 16.6. The number of nitrogens with one attached hydrogen (secondary N) is 1. The maximum absolute atomic E-state index is 13.2. The molecular weight excluding hydrogens is 414 g/mol. The van der Waals surface area contributed by atoms with E-state index in [1.54, 1.807) is 12.1 Å². The molecular formula is C22H29Cl2FN2O2. The molecule has 1 N–H and O–H groups in total. The van der Waals surface area contributed by atoms with Crippen molar-refractivity contribution >= 4 is 36.5 Å². The van der Waals surface area contributed by atoms with E-state index < -0.39 is 5.54 Å². The van der Waals surface area contributed by atoms with Gasteiger partial charge < -0.3 is 15.0 Å². The van der Waals surface area contributed by atoms with Gasteiger partial charge in [-0.25, -0.2) is 9.18 Å². The molecule has 1 saturated heterocycles. The van der Waals surface area contributed by atoms with Gasteiger partial charge in [0.25, 0.3) is 0 Å². The third-order valence-corrected chi connectivity index (χ3v) is 5.16. The number of anilines is 1. The molecule has 0 radical (unpaired) electrons. The molecule has 0 unspecified atom stereocenters.